The van der Waals surface area contributed by atoms with Gasteiger partial charge in [0.1, 0.15) is 0 Å². The van der Waals surface area contributed by atoms with Crippen LogP contribution in [0.15, 0.2) is 0 Å². The Bertz CT molecular complexity index is 336. The van der Waals surface area contributed by atoms with Crippen molar-refractivity contribution in [3.63, 3.8) is 0 Å². The third-order valence-corrected chi connectivity index (χ3v) is 3.06. The number of nitrogens with one attached hydrogen (secondary N) is 1. The summed E-state index contributed by atoms with van der Waals surface area (Å²) in [5, 5.41) is 11.2. The fraction of sp³-hybridized carbons (Fsp3) is 0.700. The van der Waals surface area contributed by atoms with Crippen LogP contribution >= 0.6 is 0 Å². The minimum Gasteiger partial charge on any atom is -0.481 e. The first-order valence-electron chi connectivity index (χ1n) is 5.33. The van der Waals surface area contributed by atoms with Crippen LogP contribution in [0.5, 0.6) is 0 Å². The second kappa shape index (κ2) is 4.11. The lowest BCUT2D eigenvalue weighted by Crippen LogP contribution is -2.52. The monoisotopic (exact) mass is 226 g/mol. The summed E-state index contributed by atoms with van der Waals surface area (Å²) in [4.78, 5) is 34.8. The van der Waals surface area contributed by atoms with E-state index in [1.54, 1.807) is 4.90 Å². The molecule has 1 unspecified atom stereocenters. The van der Waals surface area contributed by atoms with Gasteiger partial charge in [0.15, 0.2) is 0 Å². The Kier molecular flexibility index (Phi) is 2.80. The molecular weight excluding hydrogens is 212 g/mol. The van der Waals surface area contributed by atoms with Crippen molar-refractivity contribution in [1.29, 1.82) is 0 Å². The zero-order valence-corrected chi connectivity index (χ0v) is 8.81. The Labute approximate surface area is 92.6 Å². The summed E-state index contributed by atoms with van der Waals surface area (Å²) >= 11 is 0. The number of carbonyl (C=O) groups excluding carboxylic acids is 2. The van der Waals surface area contributed by atoms with Gasteiger partial charge in [-0.1, -0.05) is 0 Å². The first-order valence-corrected chi connectivity index (χ1v) is 5.33. The highest BCUT2D eigenvalue weighted by Gasteiger charge is 2.37. The topological polar surface area (TPSA) is 86.7 Å². The third kappa shape index (κ3) is 2.15. The molecule has 0 saturated carbocycles. The van der Waals surface area contributed by atoms with Crippen molar-refractivity contribution >= 4 is 17.8 Å². The second-order valence-electron chi connectivity index (χ2n) is 4.41. The van der Waals surface area contributed by atoms with Crippen LogP contribution in [0.25, 0.3) is 0 Å². The number of amides is 2. The van der Waals surface area contributed by atoms with E-state index in [0.717, 1.165) is 0 Å². The van der Waals surface area contributed by atoms with Crippen molar-refractivity contribution in [2.45, 2.75) is 12.8 Å². The van der Waals surface area contributed by atoms with Gasteiger partial charge in [0.2, 0.25) is 11.8 Å². The molecule has 2 heterocycles. The van der Waals surface area contributed by atoms with Gasteiger partial charge in [0.25, 0.3) is 0 Å². The molecule has 2 saturated heterocycles. The van der Waals surface area contributed by atoms with E-state index in [-0.39, 0.29) is 36.5 Å². The van der Waals surface area contributed by atoms with Crippen molar-refractivity contribution in [2.75, 3.05) is 19.6 Å². The molecule has 1 atom stereocenters. The number of carboxylic acids is 1. The van der Waals surface area contributed by atoms with E-state index >= 15 is 0 Å². The minimum atomic E-state index is -0.824. The lowest BCUT2D eigenvalue weighted by Gasteiger charge is -2.39. The molecule has 6 nitrogen and oxygen atoms in total. The molecule has 2 amide bonds. The summed E-state index contributed by atoms with van der Waals surface area (Å²) in [6.07, 6.45) is 0.380. The van der Waals surface area contributed by atoms with Crippen LogP contribution in [-0.2, 0) is 14.4 Å². The smallest absolute Gasteiger partial charge is 0.303 e. The zero-order chi connectivity index (χ0) is 11.7. The molecule has 2 aliphatic heterocycles. The van der Waals surface area contributed by atoms with E-state index in [9.17, 15) is 14.4 Å². The highest BCUT2D eigenvalue weighted by Crippen LogP contribution is 2.23. The molecule has 2 fully saturated rings. The lowest BCUT2D eigenvalue weighted by molar-refractivity contribution is -0.147. The third-order valence-electron chi connectivity index (χ3n) is 3.06. The van der Waals surface area contributed by atoms with E-state index in [1.807, 2.05) is 0 Å². The van der Waals surface area contributed by atoms with Gasteiger partial charge in [0.05, 0.1) is 12.3 Å². The molecule has 0 radical (unpaired) electrons. The molecule has 88 valence electrons. The van der Waals surface area contributed by atoms with Crippen LogP contribution in [0.2, 0.25) is 0 Å². The molecule has 0 spiro atoms. The molecule has 0 aromatic heterocycles. The maximum Gasteiger partial charge on any atom is 0.303 e. The first kappa shape index (κ1) is 10.9. The van der Waals surface area contributed by atoms with Gasteiger partial charge in [-0.3, -0.25) is 14.4 Å². The van der Waals surface area contributed by atoms with Crippen molar-refractivity contribution in [3.05, 3.63) is 0 Å². The van der Waals surface area contributed by atoms with Crippen LogP contribution in [0.3, 0.4) is 0 Å². The van der Waals surface area contributed by atoms with Crippen LogP contribution in [0.1, 0.15) is 12.8 Å². The summed E-state index contributed by atoms with van der Waals surface area (Å²) in [6.45, 7) is 1.43. The largest absolute Gasteiger partial charge is 0.481 e. The number of carbonyl (C=O) groups is 3. The fourth-order valence-electron chi connectivity index (χ4n) is 2.16. The van der Waals surface area contributed by atoms with Gasteiger partial charge in [0, 0.05) is 32.0 Å². The molecule has 2 rings (SSSR count). The van der Waals surface area contributed by atoms with Gasteiger partial charge in [-0.25, -0.2) is 0 Å². The Morgan fingerprint density at radius 3 is 2.62 bits per heavy atom. The molecule has 0 aromatic rings. The predicted octanol–water partition coefficient (Wildman–Crippen LogP) is -0.944. The summed E-state index contributed by atoms with van der Waals surface area (Å²) < 4.78 is 0. The van der Waals surface area contributed by atoms with E-state index < -0.39 is 5.97 Å². The number of aliphatic carboxylic acids is 1. The summed E-state index contributed by atoms with van der Waals surface area (Å²) in [5.41, 5.74) is 0. The van der Waals surface area contributed by atoms with Crippen molar-refractivity contribution in [3.8, 4) is 0 Å². The number of hydrogen-bond donors (Lipinski definition) is 2. The molecule has 0 aromatic carbocycles. The van der Waals surface area contributed by atoms with Crippen molar-refractivity contribution in [1.82, 2.24) is 10.2 Å². The van der Waals surface area contributed by atoms with Gasteiger partial charge in [-0.15, -0.1) is 0 Å². The van der Waals surface area contributed by atoms with E-state index in [4.69, 9.17) is 5.11 Å². The fourth-order valence-corrected chi connectivity index (χ4v) is 2.16. The Hall–Kier alpha value is -1.59. The molecule has 16 heavy (non-hydrogen) atoms. The van der Waals surface area contributed by atoms with E-state index in [0.29, 0.717) is 19.6 Å². The molecule has 2 aliphatic rings. The molecular formula is C10H14N2O4. The maximum atomic E-state index is 11.8. The van der Waals surface area contributed by atoms with Crippen LogP contribution < -0.4 is 5.32 Å². The van der Waals surface area contributed by atoms with Crippen LogP contribution in [0.4, 0.5) is 0 Å². The quantitative estimate of drug-likeness (QED) is 0.650. The normalized spacial score (nSPS) is 25.1. The van der Waals surface area contributed by atoms with Crippen LogP contribution in [-0.4, -0.2) is 47.4 Å². The average molecular weight is 226 g/mol. The number of hydrogen-bond acceptors (Lipinski definition) is 3. The van der Waals surface area contributed by atoms with Crippen LogP contribution in [0, 0.1) is 11.8 Å². The Balaban J connectivity index is 1.77. The second-order valence-corrected chi connectivity index (χ2v) is 4.41. The molecule has 6 heteroatoms. The molecule has 2 N–H and O–H groups in total. The highest BCUT2D eigenvalue weighted by molar-refractivity contribution is 5.89. The van der Waals surface area contributed by atoms with E-state index in [1.165, 1.54) is 0 Å². The number of nitrogens with zero attached hydrogens (tertiary/aromatic N) is 1. The Morgan fingerprint density at radius 1 is 1.44 bits per heavy atom. The first-order chi connectivity index (χ1) is 7.56. The SMILES string of the molecule is O=C(O)CC1CN(C(=O)C2CNC(=O)C2)C1. The Morgan fingerprint density at radius 2 is 2.12 bits per heavy atom. The summed E-state index contributed by atoms with van der Waals surface area (Å²) in [5.74, 6) is -1.11. The van der Waals surface area contributed by atoms with Gasteiger partial charge in [-0.2, -0.15) is 0 Å². The van der Waals surface area contributed by atoms with Gasteiger partial charge >= 0.3 is 5.97 Å². The van der Waals surface area contributed by atoms with E-state index in [2.05, 4.69) is 5.32 Å². The standard InChI is InChI=1S/C10H14N2O4/c13-8-2-7(3-11-8)10(16)12-4-6(5-12)1-9(14)15/h6-7H,1-5H2,(H,11,13)(H,14,15). The van der Waals surface area contributed by atoms with Gasteiger partial charge < -0.3 is 15.3 Å². The van der Waals surface area contributed by atoms with Crippen molar-refractivity contribution < 1.29 is 19.5 Å². The average Bonchev–Trinajstić information content (AvgIpc) is 2.56. The number of rotatable bonds is 3. The summed E-state index contributed by atoms with van der Waals surface area (Å²) in [6, 6.07) is 0. The highest BCUT2D eigenvalue weighted by atomic mass is 16.4. The molecule has 0 bridgehead atoms. The zero-order valence-electron chi connectivity index (χ0n) is 8.81. The predicted molar refractivity (Wildman–Crippen MR) is 53.4 cm³/mol. The summed E-state index contributed by atoms with van der Waals surface area (Å²) in [7, 11) is 0. The maximum absolute atomic E-state index is 11.8. The number of likely N-dealkylation sites (tertiary alicyclic amines) is 1. The van der Waals surface area contributed by atoms with Crippen molar-refractivity contribution in [2.24, 2.45) is 11.8 Å². The van der Waals surface area contributed by atoms with Gasteiger partial charge in [-0.05, 0) is 0 Å². The minimum absolute atomic E-state index is 0.0278. The molecule has 0 aliphatic carbocycles. The number of carboxylic acid groups (broad SMARTS) is 1. The lowest BCUT2D eigenvalue weighted by atomic mass is 9.94.